The molecule has 0 amide bonds. The Kier molecular flexibility index (Phi) is 4.09. The minimum atomic E-state index is 0.0790. The molecule has 1 spiro atoms. The lowest BCUT2D eigenvalue weighted by Gasteiger charge is -2.61. The van der Waals surface area contributed by atoms with Gasteiger partial charge in [-0.1, -0.05) is 30.7 Å². The van der Waals surface area contributed by atoms with Crippen LogP contribution in [0.1, 0.15) is 51.0 Å². The lowest BCUT2D eigenvalue weighted by Crippen LogP contribution is -2.62. The first-order valence-electron chi connectivity index (χ1n) is 10.3. The smallest absolute Gasteiger partial charge is 0.0998 e. The van der Waals surface area contributed by atoms with Crippen molar-refractivity contribution < 1.29 is 4.74 Å². The number of rotatable bonds is 1. The van der Waals surface area contributed by atoms with Gasteiger partial charge in [-0.05, 0) is 61.6 Å². The number of benzene rings is 1. The highest BCUT2D eigenvalue weighted by atomic mass is 35.5. The lowest BCUT2D eigenvalue weighted by atomic mass is 9.45. The topological polar surface area (TPSA) is 24.8 Å². The van der Waals surface area contributed by atoms with E-state index in [1.165, 1.54) is 43.5 Å². The van der Waals surface area contributed by atoms with Crippen molar-refractivity contribution in [2.75, 3.05) is 26.3 Å². The van der Waals surface area contributed by atoms with Crippen LogP contribution < -0.4 is 0 Å². The van der Waals surface area contributed by atoms with Crippen LogP contribution in [0.3, 0.4) is 0 Å². The van der Waals surface area contributed by atoms with Gasteiger partial charge in [0.05, 0.1) is 24.6 Å². The van der Waals surface area contributed by atoms with Gasteiger partial charge in [0.25, 0.3) is 0 Å². The van der Waals surface area contributed by atoms with Gasteiger partial charge >= 0.3 is 0 Å². The zero-order valence-corrected chi connectivity index (χ0v) is 16.5. The maximum absolute atomic E-state index is 6.20. The van der Waals surface area contributed by atoms with Crippen molar-refractivity contribution in [2.45, 2.75) is 56.4 Å². The first-order chi connectivity index (χ1) is 12.6. The van der Waals surface area contributed by atoms with Gasteiger partial charge < -0.3 is 9.64 Å². The average Bonchev–Trinajstić information content (AvgIpc) is 3.14. The summed E-state index contributed by atoms with van der Waals surface area (Å²) in [7, 11) is 0. The van der Waals surface area contributed by atoms with Gasteiger partial charge in [0.1, 0.15) is 0 Å². The number of fused-ring (bicyclic) bond motifs is 2. The van der Waals surface area contributed by atoms with Crippen LogP contribution in [0.15, 0.2) is 29.3 Å². The lowest BCUT2D eigenvalue weighted by molar-refractivity contribution is -0.0199. The molecule has 26 heavy (non-hydrogen) atoms. The molecule has 4 fully saturated rings. The predicted octanol–water partition coefficient (Wildman–Crippen LogP) is 4.68. The molecule has 1 aromatic rings. The zero-order chi connectivity index (χ0) is 17.8. The summed E-state index contributed by atoms with van der Waals surface area (Å²) < 4.78 is 5.56. The number of hydrogen-bond donors (Lipinski definition) is 0. The van der Waals surface area contributed by atoms with E-state index in [1.54, 1.807) is 0 Å². The van der Waals surface area contributed by atoms with Gasteiger partial charge in [0.2, 0.25) is 0 Å². The first kappa shape index (κ1) is 17.1. The molecule has 0 aromatic heterocycles. The minimum absolute atomic E-state index is 0.0790. The predicted molar refractivity (Wildman–Crippen MR) is 106 cm³/mol. The molecule has 2 heterocycles. The highest BCUT2D eigenvalue weighted by molar-refractivity contribution is 6.30. The van der Waals surface area contributed by atoms with E-state index < -0.39 is 0 Å². The summed E-state index contributed by atoms with van der Waals surface area (Å²) in [5.41, 5.74) is 1.66. The van der Waals surface area contributed by atoms with Crippen LogP contribution >= 0.6 is 11.6 Å². The van der Waals surface area contributed by atoms with Crippen LogP contribution in [0, 0.1) is 11.8 Å². The third-order valence-corrected chi connectivity index (χ3v) is 8.25. The fourth-order valence-electron chi connectivity index (χ4n) is 6.57. The van der Waals surface area contributed by atoms with Crippen molar-refractivity contribution in [2.24, 2.45) is 16.8 Å². The molecule has 0 N–H and O–H groups in total. The maximum atomic E-state index is 6.20. The van der Waals surface area contributed by atoms with Crippen molar-refractivity contribution in [3.63, 3.8) is 0 Å². The quantitative estimate of drug-likeness (QED) is 0.714. The second kappa shape index (κ2) is 6.24. The first-order valence-corrected chi connectivity index (χ1v) is 10.7. The summed E-state index contributed by atoms with van der Waals surface area (Å²) in [6, 6.07) is 8.68. The van der Waals surface area contributed by atoms with Gasteiger partial charge in [-0.2, -0.15) is 0 Å². The Morgan fingerprint density at radius 2 is 1.69 bits per heavy atom. The van der Waals surface area contributed by atoms with Gasteiger partial charge in [-0.25, -0.2) is 0 Å². The van der Waals surface area contributed by atoms with Gasteiger partial charge in [-0.3, -0.25) is 4.99 Å². The molecule has 1 saturated heterocycles. The van der Waals surface area contributed by atoms with Crippen LogP contribution in [0.2, 0.25) is 5.02 Å². The van der Waals surface area contributed by atoms with Crippen molar-refractivity contribution in [1.29, 1.82) is 0 Å². The van der Waals surface area contributed by atoms with Crippen molar-refractivity contribution >= 4 is 17.4 Å². The van der Waals surface area contributed by atoms with Crippen LogP contribution in [0.4, 0.5) is 0 Å². The molecular formula is C22H29ClN2O. The third-order valence-electron chi connectivity index (χ3n) is 8.00. The molecule has 6 rings (SSSR count). The van der Waals surface area contributed by atoms with Crippen molar-refractivity contribution in [1.82, 2.24) is 4.90 Å². The van der Waals surface area contributed by atoms with Crippen LogP contribution in [0.5, 0.6) is 0 Å². The standard InChI is InChI=1S/C22H29ClN2O/c1-21(17-6-8-19(23)9-7-17)16-2-4-18(5-3-16)22(21)11-10-20(24-22)25-12-14-26-15-13-25/h6-9,16,18H,2-5,10-15H2,1H3. The summed E-state index contributed by atoms with van der Waals surface area (Å²) in [6.45, 7) is 6.19. The van der Waals surface area contributed by atoms with E-state index in [9.17, 15) is 0 Å². The highest BCUT2D eigenvalue weighted by Crippen LogP contribution is 2.63. The Bertz CT molecular complexity index is 703. The summed E-state index contributed by atoms with van der Waals surface area (Å²) in [5.74, 6) is 2.81. The molecule has 3 nitrogen and oxygen atoms in total. The number of ether oxygens (including phenoxy) is 1. The van der Waals surface area contributed by atoms with Crippen molar-refractivity contribution in [3.8, 4) is 0 Å². The molecule has 4 heteroatoms. The number of amidine groups is 1. The molecule has 1 aromatic carbocycles. The molecule has 2 bridgehead atoms. The van der Waals surface area contributed by atoms with E-state index in [2.05, 4.69) is 36.1 Å². The second-order valence-corrected chi connectivity index (χ2v) is 9.25. The fourth-order valence-corrected chi connectivity index (χ4v) is 6.70. The molecule has 0 radical (unpaired) electrons. The van der Waals surface area contributed by atoms with Crippen LogP contribution in [-0.4, -0.2) is 42.6 Å². The van der Waals surface area contributed by atoms with Gasteiger partial charge in [0, 0.05) is 29.9 Å². The molecule has 2 unspecified atom stereocenters. The van der Waals surface area contributed by atoms with E-state index >= 15 is 0 Å². The molecule has 3 aliphatic carbocycles. The molecular weight excluding hydrogens is 344 g/mol. The zero-order valence-electron chi connectivity index (χ0n) is 15.7. The van der Waals surface area contributed by atoms with E-state index in [4.69, 9.17) is 21.3 Å². The van der Waals surface area contributed by atoms with Crippen molar-refractivity contribution in [3.05, 3.63) is 34.9 Å². The summed E-state index contributed by atoms with van der Waals surface area (Å²) in [5, 5.41) is 0.830. The fraction of sp³-hybridized carbons (Fsp3) is 0.682. The second-order valence-electron chi connectivity index (χ2n) is 8.81. The Morgan fingerprint density at radius 1 is 1.04 bits per heavy atom. The number of nitrogens with zero attached hydrogens (tertiary/aromatic N) is 2. The Balaban J connectivity index is 1.58. The monoisotopic (exact) mass is 372 g/mol. The van der Waals surface area contributed by atoms with E-state index in [0.717, 1.165) is 49.6 Å². The molecule has 2 atom stereocenters. The average molecular weight is 373 g/mol. The number of aliphatic imine (C=N–C) groups is 1. The summed E-state index contributed by atoms with van der Waals surface area (Å²) in [4.78, 5) is 8.08. The Labute approximate surface area is 161 Å². The Morgan fingerprint density at radius 3 is 2.38 bits per heavy atom. The van der Waals surface area contributed by atoms with E-state index in [1.807, 2.05) is 0 Å². The SMILES string of the molecule is CC1(c2ccc(Cl)cc2)C2CCC(CC2)C12CCC(N1CCOCC1)=N2. The van der Waals surface area contributed by atoms with E-state index in [-0.39, 0.29) is 11.0 Å². The largest absolute Gasteiger partial charge is 0.378 e. The number of hydrogen-bond acceptors (Lipinski definition) is 3. The number of morpholine rings is 1. The van der Waals surface area contributed by atoms with E-state index in [0.29, 0.717) is 0 Å². The molecule has 5 aliphatic rings. The van der Waals surface area contributed by atoms with Gasteiger partial charge in [0.15, 0.2) is 0 Å². The molecule has 2 aliphatic heterocycles. The van der Waals surface area contributed by atoms with Crippen LogP contribution in [-0.2, 0) is 10.2 Å². The highest BCUT2D eigenvalue weighted by Gasteiger charge is 2.63. The maximum Gasteiger partial charge on any atom is 0.0998 e. The minimum Gasteiger partial charge on any atom is -0.378 e. The van der Waals surface area contributed by atoms with Crippen LogP contribution in [0.25, 0.3) is 0 Å². The third kappa shape index (κ3) is 2.32. The molecule has 140 valence electrons. The normalized spacial score (nSPS) is 39.5. The number of halogens is 1. The summed E-state index contributed by atoms with van der Waals surface area (Å²) in [6.07, 6.45) is 7.76. The molecule has 3 saturated carbocycles. The Hall–Kier alpha value is -1.06. The summed E-state index contributed by atoms with van der Waals surface area (Å²) >= 11 is 6.20. The van der Waals surface area contributed by atoms with Gasteiger partial charge in [-0.15, -0.1) is 0 Å².